The molecule has 0 amide bonds. The van der Waals surface area contributed by atoms with Crippen molar-refractivity contribution in [3.63, 3.8) is 0 Å². The van der Waals surface area contributed by atoms with Crippen LogP contribution in [0.1, 0.15) is 12.5 Å². The Morgan fingerprint density at radius 1 is 1.54 bits per heavy atom. The highest BCUT2D eigenvalue weighted by atomic mass is 19.1. The van der Waals surface area contributed by atoms with Gasteiger partial charge in [0, 0.05) is 13.3 Å². The van der Waals surface area contributed by atoms with Crippen LogP contribution < -0.4 is 0 Å². The fraction of sp³-hybridized carbons (Fsp3) is 0.300. The first-order valence-electron chi connectivity index (χ1n) is 4.06. The van der Waals surface area contributed by atoms with Crippen LogP contribution in [-0.4, -0.2) is 12.6 Å². The van der Waals surface area contributed by atoms with Crippen molar-refractivity contribution in [2.45, 2.75) is 13.3 Å². The van der Waals surface area contributed by atoms with Crippen molar-refractivity contribution in [2.24, 2.45) is 0 Å². The maximum absolute atomic E-state index is 12.6. The van der Waals surface area contributed by atoms with Gasteiger partial charge < -0.3 is 4.74 Å². The summed E-state index contributed by atoms with van der Waals surface area (Å²) >= 11 is 0. The molecule has 0 unspecified atom stereocenters. The summed E-state index contributed by atoms with van der Waals surface area (Å²) in [5.41, 5.74) is 0.834. The van der Waals surface area contributed by atoms with Gasteiger partial charge in [-0.25, -0.2) is 4.39 Å². The maximum Gasteiger partial charge on any atom is 0.302 e. The Morgan fingerprint density at radius 3 is 2.92 bits per heavy atom. The highest BCUT2D eigenvalue weighted by Crippen LogP contribution is 2.04. The largest absolute Gasteiger partial charge is 0.466 e. The predicted octanol–water partition coefficient (Wildman–Crippen LogP) is 1.93. The molecule has 0 N–H and O–H groups in total. The van der Waals surface area contributed by atoms with Crippen molar-refractivity contribution >= 4 is 5.97 Å². The van der Waals surface area contributed by atoms with E-state index in [1.54, 1.807) is 12.1 Å². The van der Waals surface area contributed by atoms with Crippen LogP contribution in [0.3, 0.4) is 0 Å². The number of hydrogen-bond acceptors (Lipinski definition) is 2. The van der Waals surface area contributed by atoms with Crippen LogP contribution >= 0.6 is 0 Å². The fourth-order valence-corrected chi connectivity index (χ4v) is 1.01. The van der Waals surface area contributed by atoms with Gasteiger partial charge in [0.1, 0.15) is 5.82 Å². The Balaban J connectivity index is 2.41. The van der Waals surface area contributed by atoms with Crippen LogP contribution in [0.2, 0.25) is 0 Å². The van der Waals surface area contributed by atoms with E-state index in [-0.39, 0.29) is 11.8 Å². The summed E-state index contributed by atoms with van der Waals surface area (Å²) in [5.74, 6) is -0.572. The second-order valence-corrected chi connectivity index (χ2v) is 2.72. The highest BCUT2D eigenvalue weighted by Gasteiger charge is 1.96. The molecule has 0 aliphatic rings. The van der Waals surface area contributed by atoms with Gasteiger partial charge in [-0.2, -0.15) is 0 Å². The number of carbonyl (C=O) groups is 1. The zero-order valence-electron chi connectivity index (χ0n) is 7.42. The highest BCUT2D eigenvalue weighted by molar-refractivity contribution is 5.65. The lowest BCUT2D eigenvalue weighted by molar-refractivity contribution is -0.140. The van der Waals surface area contributed by atoms with Gasteiger partial charge >= 0.3 is 5.97 Å². The van der Waals surface area contributed by atoms with Crippen LogP contribution in [0.4, 0.5) is 4.39 Å². The smallest absolute Gasteiger partial charge is 0.302 e. The maximum atomic E-state index is 12.6. The minimum absolute atomic E-state index is 0.264. The fourth-order valence-electron chi connectivity index (χ4n) is 1.01. The van der Waals surface area contributed by atoms with Crippen LogP contribution in [0.25, 0.3) is 0 Å². The van der Waals surface area contributed by atoms with Gasteiger partial charge in [0.25, 0.3) is 0 Å². The van der Waals surface area contributed by atoms with Crippen molar-refractivity contribution in [1.82, 2.24) is 0 Å². The van der Waals surface area contributed by atoms with Gasteiger partial charge in [0.05, 0.1) is 6.61 Å². The SMILES string of the molecule is CC(=O)OCCc1cccc(F)c1. The van der Waals surface area contributed by atoms with Crippen LogP contribution in [0, 0.1) is 5.82 Å². The van der Waals surface area contributed by atoms with Crippen molar-refractivity contribution < 1.29 is 13.9 Å². The van der Waals surface area contributed by atoms with Crippen molar-refractivity contribution in [3.8, 4) is 0 Å². The Bertz CT molecular complexity index is 297. The number of carbonyl (C=O) groups excluding carboxylic acids is 1. The number of halogens is 1. The van der Waals surface area contributed by atoms with E-state index in [1.165, 1.54) is 19.1 Å². The lowest BCUT2D eigenvalue weighted by Gasteiger charge is -2.01. The summed E-state index contributed by atoms with van der Waals surface area (Å²) in [5, 5.41) is 0. The lowest BCUT2D eigenvalue weighted by Crippen LogP contribution is -2.03. The average Bonchev–Trinajstić information content (AvgIpc) is 2.03. The predicted molar refractivity (Wildman–Crippen MR) is 46.7 cm³/mol. The first kappa shape index (κ1) is 9.71. The molecule has 0 spiro atoms. The second kappa shape index (κ2) is 4.60. The molecule has 0 saturated heterocycles. The number of benzene rings is 1. The molecule has 70 valence electrons. The van der Waals surface area contributed by atoms with Crippen LogP contribution in [0.15, 0.2) is 24.3 Å². The van der Waals surface area contributed by atoms with E-state index in [1.807, 2.05) is 0 Å². The van der Waals surface area contributed by atoms with Crippen molar-refractivity contribution in [3.05, 3.63) is 35.6 Å². The van der Waals surface area contributed by atoms with Crippen molar-refractivity contribution in [1.29, 1.82) is 0 Å². The molecule has 1 aromatic carbocycles. The van der Waals surface area contributed by atoms with E-state index < -0.39 is 0 Å². The normalized spacial score (nSPS) is 9.69. The monoisotopic (exact) mass is 182 g/mol. The van der Waals surface area contributed by atoms with Crippen molar-refractivity contribution in [2.75, 3.05) is 6.61 Å². The molecule has 0 heterocycles. The molecule has 0 aliphatic heterocycles. The Hall–Kier alpha value is -1.38. The third-order valence-corrected chi connectivity index (χ3v) is 1.59. The molecular weight excluding hydrogens is 171 g/mol. The molecule has 3 heteroatoms. The van der Waals surface area contributed by atoms with E-state index in [2.05, 4.69) is 0 Å². The van der Waals surface area contributed by atoms with E-state index in [0.717, 1.165) is 5.56 Å². The quantitative estimate of drug-likeness (QED) is 0.667. The Labute approximate surface area is 76.3 Å². The van der Waals surface area contributed by atoms with E-state index in [4.69, 9.17) is 4.74 Å². The number of ether oxygens (including phenoxy) is 1. The average molecular weight is 182 g/mol. The first-order valence-corrected chi connectivity index (χ1v) is 4.06. The Kier molecular flexibility index (Phi) is 3.43. The summed E-state index contributed by atoms with van der Waals surface area (Å²) in [7, 11) is 0. The van der Waals surface area contributed by atoms with Crippen LogP contribution in [0.5, 0.6) is 0 Å². The number of hydrogen-bond donors (Lipinski definition) is 0. The molecule has 0 atom stereocenters. The zero-order valence-corrected chi connectivity index (χ0v) is 7.42. The zero-order chi connectivity index (χ0) is 9.68. The van der Waals surface area contributed by atoms with Gasteiger partial charge in [-0.1, -0.05) is 12.1 Å². The van der Waals surface area contributed by atoms with E-state index >= 15 is 0 Å². The summed E-state index contributed by atoms with van der Waals surface area (Å²) < 4.78 is 17.4. The molecule has 0 aliphatic carbocycles. The first-order chi connectivity index (χ1) is 6.18. The molecule has 0 bridgehead atoms. The molecule has 2 nitrogen and oxygen atoms in total. The topological polar surface area (TPSA) is 26.3 Å². The number of esters is 1. The number of rotatable bonds is 3. The standard InChI is InChI=1S/C10H11FO2/c1-8(12)13-6-5-9-3-2-4-10(11)7-9/h2-4,7H,5-6H2,1H3. The lowest BCUT2D eigenvalue weighted by atomic mass is 10.2. The second-order valence-electron chi connectivity index (χ2n) is 2.72. The molecule has 1 rings (SSSR count). The van der Waals surface area contributed by atoms with E-state index in [0.29, 0.717) is 13.0 Å². The Morgan fingerprint density at radius 2 is 2.31 bits per heavy atom. The van der Waals surface area contributed by atoms with Gasteiger partial charge in [0.2, 0.25) is 0 Å². The summed E-state index contributed by atoms with van der Waals surface area (Å²) in [6, 6.07) is 6.25. The van der Waals surface area contributed by atoms with E-state index in [9.17, 15) is 9.18 Å². The molecule has 13 heavy (non-hydrogen) atoms. The summed E-state index contributed by atoms with van der Waals surface area (Å²) in [4.78, 5) is 10.4. The molecule has 1 aromatic rings. The molecule has 0 fully saturated rings. The molecule has 0 aromatic heterocycles. The van der Waals surface area contributed by atoms with Crippen LogP contribution in [-0.2, 0) is 16.0 Å². The minimum Gasteiger partial charge on any atom is -0.466 e. The summed E-state index contributed by atoms with van der Waals surface area (Å²) in [6.45, 7) is 1.66. The van der Waals surface area contributed by atoms with Gasteiger partial charge in [0.15, 0.2) is 0 Å². The molecule has 0 radical (unpaired) electrons. The minimum atomic E-state index is -0.309. The van der Waals surface area contributed by atoms with Gasteiger partial charge in [-0.3, -0.25) is 4.79 Å². The molecular formula is C10H11FO2. The third-order valence-electron chi connectivity index (χ3n) is 1.59. The molecule has 0 saturated carbocycles. The van der Waals surface area contributed by atoms with Gasteiger partial charge in [-0.05, 0) is 17.7 Å². The third kappa shape index (κ3) is 3.69. The van der Waals surface area contributed by atoms with Gasteiger partial charge in [-0.15, -0.1) is 0 Å². The summed E-state index contributed by atoms with van der Waals surface area (Å²) in [6.07, 6.45) is 0.553.